The van der Waals surface area contributed by atoms with Crippen molar-refractivity contribution in [1.29, 1.82) is 0 Å². The molecule has 0 heterocycles. The molecule has 0 amide bonds. The predicted molar refractivity (Wildman–Crippen MR) is 63.7 cm³/mol. The molecule has 0 aliphatic rings. The Bertz CT molecular complexity index is 471. The summed E-state index contributed by atoms with van der Waals surface area (Å²) in [5.41, 5.74) is 0.911. The number of ether oxygens (including phenoxy) is 1. The first kappa shape index (κ1) is 11.1. The van der Waals surface area contributed by atoms with Crippen LogP contribution in [0, 0.1) is 11.9 Å². The van der Waals surface area contributed by atoms with E-state index in [2.05, 4.69) is 22.0 Å². The van der Waals surface area contributed by atoms with Gasteiger partial charge in [0.05, 0.1) is 0 Å². The maximum Gasteiger partial charge on any atom is 0.124 e. The monoisotopic (exact) mass is 279 g/mol. The lowest BCUT2D eigenvalue weighted by molar-refractivity contribution is 0.305. The van der Waals surface area contributed by atoms with Crippen molar-refractivity contribution in [3.05, 3.63) is 64.4 Å². The van der Waals surface area contributed by atoms with Gasteiger partial charge in [-0.25, -0.2) is 4.39 Å². The van der Waals surface area contributed by atoms with Crippen molar-refractivity contribution in [3.8, 4) is 5.75 Å². The summed E-state index contributed by atoms with van der Waals surface area (Å²) in [4.78, 5) is 0. The Kier molecular flexibility index (Phi) is 3.57. The lowest BCUT2D eigenvalue weighted by atomic mass is 10.2. The highest BCUT2D eigenvalue weighted by molar-refractivity contribution is 9.10. The Morgan fingerprint density at radius 1 is 1.19 bits per heavy atom. The van der Waals surface area contributed by atoms with Crippen molar-refractivity contribution in [2.24, 2.45) is 0 Å². The molecular formula is C13H9BrFO. The van der Waals surface area contributed by atoms with Crippen LogP contribution < -0.4 is 4.74 Å². The lowest BCUT2D eigenvalue weighted by Crippen LogP contribution is -1.96. The highest BCUT2D eigenvalue weighted by atomic mass is 79.9. The van der Waals surface area contributed by atoms with Gasteiger partial charge in [-0.15, -0.1) is 0 Å². The second-order valence-corrected chi connectivity index (χ2v) is 4.11. The number of hydrogen-bond acceptors (Lipinski definition) is 1. The van der Waals surface area contributed by atoms with Crippen LogP contribution in [0.5, 0.6) is 5.75 Å². The van der Waals surface area contributed by atoms with Crippen LogP contribution in [0.25, 0.3) is 0 Å². The van der Waals surface area contributed by atoms with E-state index in [1.54, 1.807) is 18.2 Å². The summed E-state index contributed by atoms with van der Waals surface area (Å²) in [6.45, 7) is 0.408. The summed E-state index contributed by atoms with van der Waals surface area (Å²) in [5.74, 6) is 0.514. The van der Waals surface area contributed by atoms with Crippen LogP contribution >= 0.6 is 15.9 Å². The summed E-state index contributed by atoms with van der Waals surface area (Å²) in [6.07, 6.45) is 0. The van der Waals surface area contributed by atoms with Crippen LogP contribution in [0.1, 0.15) is 5.56 Å². The largest absolute Gasteiger partial charge is 0.489 e. The molecule has 2 rings (SSSR count). The van der Waals surface area contributed by atoms with E-state index in [-0.39, 0.29) is 5.82 Å². The third-order valence-corrected chi connectivity index (χ3v) is 2.84. The maximum atomic E-state index is 12.8. The van der Waals surface area contributed by atoms with Gasteiger partial charge >= 0.3 is 0 Å². The number of hydrogen-bond donors (Lipinski definition) is 0. The molecule has 0 atom stereocenters. The number of rotatable bonds is 3. The fourth-order valence-electron chi connectivity index (χ4n) is 1.27. The van der Waals surface area contributed by atoms with Crippen molar-refractivity contribution >= 4 is 15.9 Å². The Morgan fingerprint density at radius 3 is 2.62 bits per heavy atom. The first-order valence-electron chi connectivity index (χ1n) is 4.78. The van der Waals surface area contributed by atoms with Gasteiger partial charge in [-0.1, -0.05) is 34.1 Å². The zero-order valence-electron chi connectivity index (χ0n) is 8.41. The molecule has 0 fully saturated rings. The van der Waals surface area contributed by atoms with E-state index in [0.717, 1.165) is 15.8 Å². The Hall–Kier alpha value is -1.35. The van der Waals surface area contributed by atoms with Crippen LogP contribution in [-0.4, -0.2) is 0 Å². The van der Waals surface area contributed by atoms with E-state index in [0.29, 0.717) is 6.61 Å². The fraction of sp³-hybridized carbons (Fsp3) is 0.0769. The van der Waals surface area contributed by atoms with Crippen LogP contribution in [0.3, 0.4) is 0 Å². The molecule has 0 unspecified atom stereocenters. The minimum Gasteiger partial charge on any atom is -0.489 e. The summed E-state index contributed by atoms with van der Waals surface area (Å²) in [7, 11) is 0. The van der Waals surface area contributed by atoms with Gasteiger partial charge in [-0.3, -0.25) is 0 Å². The van der Waals surface area contributed by atoms with Gasteiger partial charge in [-0.05, 0) is 30.3 Å². The van der Waals surface area contributed by atoms with Crippen LogP contribution in [0.15, 0.2) is 46.9 Å². The SMILES string of the molecule is Fc1ccc(COc2cc[c]cc2)c(Br)c1. The summed E-state index contributed by atoms with van der Waals surface area (Å²) in [6, 6.07) is 14.7. The first-order chi connectivity index (χ1) is 7.75. The van der Waals surface area contributed by atoms with Gasteiger partial charge in [0, 0.05) is 10.0 Å². The van der Waals surface area contributed by atoms with Crippen LogP contribution in [0.4, 0.5) is 4.39 Å². The molecule has 2 aromatic carbocycles. The Morgan fingerprint density at radius 2 is 1.94 bits per heavy atom. The minimum absolute atomic E-state index is 0.259. The molecule has 1 nitrogen and oxygen atoms in total. The molecule has 0 aromatic heterocycles. The number of benzene rings is 2. The molecule has 0 aliphatic heterocycles. The van der Waals surface area contributed by atoms with Crippen molar-refractivity contribution in [2.75, 3.05) is 0 Å². The molecule has 2 aromatic rings. The zero-order valence-corrected chi connectivity index (χ0v) is 10.00. The third kappa shape index (κ3) is 2.83. The molecular weight excluding hydrogens is 271 g/mol. The third-order valence-electron chi connectivity index (χ3n) is 2.10. The highest BCUT2D eigenvalue weighted by Crippen LogP contribution is 2.20. The first-order valence-corrected chi connectivity index (χ1v) is 5.58. The Labute approximate surface area is 102 Å². The van der Waals surface area contributed by atoms with Gasteiger partial charge in [-0.2, -0.15) is 0 Å². The normalized spacial score (nSPS) is 10.1. The molecule has 0 saturated heterocycles. The van der Waals surface area contributed by atoms with Crippen LogP contribution in [-0.2, 0) is 6.61 Å². The van der Waals surface area contributed by atoms with E-state index in [1.807, 2.05) is 12.1 Å². The van der Waals surface area contributed by atoms with E-state index < -0.39 is 0 Å². The summed E-state index contributed by atoms with van der Waals surface area (Å²) in [5, 5.41) is 0. The quantitative estimate of drug-likeness (QED) is 0.826. The Balaban J connectivity index is 2.05. The molecule has 3 heteroatoms. The molecule has 16 heavy (non-hydrogen) atoms. The van der Waals surface area contributed by atoms with Crippen molar-refractivity contribution in [1.82, 2.24) is 0 Å². The maximum absolute atomic E-state index is 12.8. The molecule has 0 N–H and O–H groups in total. The topological polar surface area (TPSA) is 9.23 Å². The van der Waals surface area contributed by atoms with Gasteiger partial charge < -0.3 is 4.74 Å². The second-order valence-electron chi connectivity index (χ2n) is 3.26. The van der Waals surface area contributed by atoms with E-state index in [9.17, 15) is 4.39 Å². The number of halogens is 2. The van der Waals surface area contributed by atoms with E-state index in [1.165, 1.54) is 12.1 Å². The standard InChI is InChI=1S/C13H9BrFO/c14-13-8-11(15)7-6-10(13)9-16-12-4-2-1-3-5-12/h2-8H,9H2. The van der Waals surface area contributed by atoms with Gasteiger partial charge in [0.2, 0.25) is 0 Å². The van der Waals surface area contributed by atoms with Gasteiger partial charge in [0.1, 0.15) is 18.2 Å². The van der Waals surface area contributed by atoms with Crippen molar-refractivity contribution < 1.29 is 9.13 Å². The second kappa shape index (κ2) is 5.12. The molecule has 0 spiro atoms. The van der Waals surface area contributed by atoms with Crippen molar-refractivity contribution in [2.45, 2.75) is 6.61 Å². The molecule has 0 bridgehead atoms. The lowest BCUT2D eigenvalue weighted by Gasteiger charge is -2.07. The average molecular weight is 280 g/mol. The predicted octanol–water partition coefficient (Wildman–Crippen LogP) is 3.97. The zero-order chi connectivity index (χ0) is 11.4. The molecule has 0 aliphatic carbocycles. The van der Waals surface area contributed by atoms with E-state index >= 15 is 0 Å². The van der Waals surface area contributed by atoms with Gasteiger partial charge in [0.15, 0.2) is 0 Å². The van der Waals surface area contributed by atoms with E-state index in [4.69, 9.17) is 4.74 Å². The van der Waals surface area contributed by atoms with Crippen molar-refractivity contribution in [3.63, 3.8) is 0 Å². The summed E-state index contributed by atoms with van der Waals surface area (Å²) >= 11 is 3.29. The van der Waals surface area contributed by atoms with Gasteiger partial charge in [0.25, 0.3) is 0 Å². The molecule has 81 valence electrons. The average Bonchev–Trinajstić information content (AvgIpc) is 2.29. The smallest absolute Gasteiger partial charge is 0.124 e. The molecule has 1 radical (unpaired) electrons. The van der Waals surface area contributed by atoms with Crippen LogP contribution in [0.2, 0.25) is 0 Å². The highest BCUT2D eigenvalue weighted by Gasteiger charge is 2.02. The summed E-state index contributed by atoms with van der Waals surface area (Å²) < 4.78 is 19.1. The fourth-order valence-corrected chi connectivity index (χ4v) is 1.73. The molecule has 0 saturated carbocycles. The minimum atomic E-state index is -0.259.